The third-order valence-electron chi connectivity index (χ3n) is 5.33. The van der Waals surface area contributed by atoms with Gasteiger partial charge < -0.3 is 20.4 Å². The Hall–Kier alpha value is -3.02. The van der Waals surface area contributed by atoms with Crippen LogP contribution in [0, 0.1) is 13.8 Å². The van der Waals surface area contributed by atoms with E-state index in [1.165, 1.54) is 22.4 Å². The van der Waals surface area contributed by atoms with Crippen molar-refractivity contribution in [3.63, 3.8) is 0 Å². The van der Waals surface area contributed by atoms with E-state index in [0.29, 0.717) is 12.5 Å². The molecular weight excluding hydrogens is 362 g/mol. The molecule has 1 fully saturated rings. The first-order valence-electron chi connectivity index (χ1n) is 10.2. The molecule has 6 nitrogen and oxygen atoms in total. The predicted molar refractivity (Wildman–Crippen MR) is 119 cm³/mol. The Balaban J connectivity index is 1.43. The van der Waals surface area contributed by atoms with Crippen LogP contribution >= 0.6 is 0 Å². The minimum absolute atomic E-state index is 0.104. The zero-order valence-electron chi connectivity index (χ0n) is 17.6. The van der Waals surface area contributed by atoms with Gasteiger partial charge in [-0.15, -0.1) is 0 Å². The van der Waals surface area contributed by atoms with Crippen LogP contribution in [0.2, 0.25) is 0 Å². The molecule has 29 heavy (non-hydrogen) atoms. The number of amides is 1. The normalized spacial score (nSPS) is 14.7. The molecule has 1 aliphatic heterocycles. The number of piperazine rings is 1. The van der Waals surface area contributed by atoms with E-state index < -0.39 is 0 Å². The second-order valence-corrected chi connectivity index (χ2v) is 7.41. The number of para-hydroxylation sites is 1. The molecule has 6 heteroatoms. The van der Waals surface area contributed by atoms with Crippen LogP contribution in [0.15, 0.2) is 53.5 Å². The molecule has 1 amide bonds. The molecule has 0 bridgehead atoms. The van der Waals surface area contributed by atoms with Gasteiger partial charge in [-0.05, 0) is 37.1 Å². The van der Waals surface area contributed by atoms with Gasteiger partial charge in [-0.25, -0.2) is 0 Å². The van der Waals surface area contributed by atoms with Gasteiger partial charge in [0, 0.05) is 45.5 Å². The SMILES string of the molecule is CN=C(NCC(=O)N1CCN(c2ccccc2)CC1)NCc1ccc(C)cc1C. The highest BCUT2D eigenvalue weighted by molar-refractivity contribution is 5.86. The summed E-state index contributed by atoms with van der Waals surface area (Å²) < 4.78 is 0. The molecule has 0 aliphatic carbocycles. The summed E-state index contributed by atoms with van der Waals surface area (Å²) >= 11 is 0. The van der Waals surface area contributed by atoms with Crippen LogP contribution in [0.25, 0.3) is 0 Å². The van der Waals surface area contributed by atoms with Crippen molar-refractivity contribution >= 4 is 17.6 Å². The van der Waals surface area contributed by atoms with Gasteiger partial charge in [-0.1, -0.05) is 42.0 Å². The van der Waals surface area contributed by atoms with Gasteiger partial charge >= 0.3 is 0 Å². The number of hydrogen-bond donors (Lipinski definition) is 2. The molecule has 154 valence electrons. The number of rotatable bonds is 5. The summed E-state index contributed by atoms with van der Waals surface area (Å²) in [5, 5.41) is 6.44. The molecule has 0 unspecified atom stereocenters. The molecule has 0 radical (unpaired) electrons. The number of aryl methyl sites for hydroxylation is 2. The fourth-order valence-corrected chi connectivity index (χ4v) is 3.57. The molecule has 3 rings (SSSR count). The fraction of sp³-hybridized carbons (Fsp3) is 0.391. The maximum absolute atomic E-state index is 12.6. The summed E-state index contributed by atoms with van der Waals surface area (Å²) in [6.45, 7) is 8.32. The first kappa shape index (κ1) is 20.7. The van der Waals surface area contributed by atoms with Crippen LogP contribution in [0.3, 0.4) is 0 Å². The second kappa shape index (κ2) is 9.96. The number of carbonyl (C=O) groups excluding carboxylic acids is 1. The van der Waals surface area contributed by atoms with E-state index in [1.807, 2.05) is 23.1 Å². The monoisotopic (exact) mass is 393 g/mol. The minimum Gasteiger partial charge on any atom is -0.368 e. The summed E-state index contributed by atoms with van der Waals surface area (Å²) in [5.74, 6) is 0.744. The topological polar surface area (TPSA) is 60.0 Å². The first-order chi connectivity index (χ1) is 14.1. The van der Waals surface area contributed by atoms with Gasteiger partial charge in [-0.3, -0.25) is 9.79 Å². The number of anilines is 1. The van der Waals surface area contributed by atoms with Gasteiger partial charge in [-0.2, -0.15) is 0 Å². The van der Waals surface area contributed by atoms with Crippen LogP contribution in [0.5, 0.6) is 0 Å². The van der Waals surface area contributed by atoms with Crippen molar-refractivity contribution in [2.24, 2.45) is 4.99 Å². The number of carbonyl (C=O) groups is 1. The van der Waals surface area contributed by atoms with Gasteiger partial charge in [0.2, 0.25) is 5.91 Å². The summed E-state index contributed by atoms with van der Waals surface area (Å²) in [6, 6.07) is 16.8. The summed E-state index contributed by atoms with van der Waals surface area (Å²) in [7, 11) is 1.72. The van der Waals surface area contributed by atoms with Crippen molar-refractivity contribution in [1.29, 1.82) is 0 Å². The Kier molecular flexibility index (Phi) is 7.11. The Labute approximate surface area is 173 Å². The largest absolute Gasteiger partial charge is 0.368 e. The molecule has 0 atom stereocenters. The lowest BCUT2D eigenvalue weighted by molar-refractivity contribution is -0.130. The third kappa shape index (κ3) is 5.73. The molecule has 1 saturated heterocycles. The number of guanidine groups is 1. The van der Waals surface area contributed by atoms with Crippen LogP contribution in [-0.2, 0) is 11.3 Å². The van der Waals surface area contributed by atoms with Crippen LogP contribution in [-0.4, -0.2) is 56.5 Å². The predicted octanol–water partition coefficient (Wildman–Crippen LogP) is 2.32. The zero-order valence-corrected chi connectivity index (χ0v) is 17.6. The molecule has 1 aliphatic rings. The van der Waals surface area contributed by atoms with Gasteiger partial charge in [0.05, 0.1) is 6.54 Å². The lowest BCUT2D eigenvalue weighted by Gasteiger charge is -2.36. The van der Waals surface area contributed by atoms with E-state index >= 15 is 0 Å². The number of nitrogens with one attached hydrogen (secondary N) is 2. The number of nitrogens with zero attached hydrogens (tertiary/aromatic N) is 3. The molecule has 2 aromatic rings. The van der Waals surface area contributed by atoms with E-state index in [0.717, 1.165) is 26.2 Å². The highest BCUT2D eigenvalue weighted by Gasteiger charge is 2.21. The van der Waals surface area contributed by atoms with Crippen molar-refractivity contribution in [3.05, 3.63) is 65.2 Å². The van der Waals surface area contributed by atoms with Crippen LogP contribution < -0.4 is 15.5 Å². The number of hydrogen-bond acceptors (Lipinski definition) is 3. The van der Waals surface area contributed by atoms with Crippen molar-refractivity contribution in [2.45, 2.75) is 20.4 Å². The molecule has 0 saturated carbocycles. The Morgan fingerprint density at radius 2 is 1.72 bits per heavy atom. The van der Waals surface area contributed by atoms with E-state index in [9.17, 15) is 4.79 Å². The molecule has 1 heterocycles. The number of aliphatic imine (C=N–C) groups is 1. The highest BCUT2D eigenvalue weighted by atomic mass is 16.2. The summed E-state index contributed by atoms with van der Waals surface area (Å²) in [4.78, 5) is 21.1. The maximum atomic E-state index is 12.6. The average Bonchev–Trinajstić information content (AvgIpc) is 2.75. The van der Waals surface area contributed by atoms with Crippen molar-refractivity contribution in [3.8, 4) is 0 Å². The Bertz CT molecular complexity index is 842. The molecule has 0 aromatic heterocycles. The molecular formula is C23H31N5O. The molecule has 2 aromatic carbocycles. The Morgan fingerprint density at radius 1 is 1.00 bits per heavy atom. The third-order valence-corrected chi connectivity index (χ3v) is 5.33. The highest BCUT2D eigenvalue weighted by Crippen LogP contribution is 2.15. The zero-order chi connectivity index (χ0) is 20.6. The minimum atomic E-state index is 0.104. The van der Waals surface area contributed by atoms with Crippen molar-refractivity contribution < 1.29 is 4.79 Å². The summed E-state index contributed by atoms with van der Waals surface area (Å²) in [5.41, 5.74) is 4.95. The van der Waals surface area contributed by atoms with Gasteiger partial charge in [0.15, 0.2) is 5.96 Å². The second-order valence-electron chi connectivity index (χ2n) is 7.41. The van der Waals surface area contributed by atoms with E-state index in [2.05, 4.69) is 64.7 Å². The smallest absolute Gasteiger partial charge is 0.242 e. The average molecular weight is 394 g/mol. The first-order valence-corrected chi connectivity index (χ1v) is 10.2. The quantitative estimate of drug-likeness (QED) is 0.605. The van der Waals surface area contributed by atoms with E-state index in [1.54, 1.807) is 7.05 Å². The van der Waals surface area contributed by atoms with Crippen LogP contribution in [0.1, 0.15) is 16.7 Å². The molecule has 2 N–H and O–H groups in total. The van der Waals surface area contributed by atoms with Gasteiger partial charge in [0.25, 0.3) is 0 Å². The fourth-order valence-electron chi connectivity index (χ4n) is 3.57. The van der Waals surface area contributed by atoms with Gasteiger partial charge in [0.1, 0.15) is 0 Å². The van der Waals surface area contributed by atoms with Crippen LogP contribution in [0.4, 0.5) is 5.69 Å². The van der Waals surface area contributed by atoms with Crippen molar-refractivity contribution in [1.82, 2.24) is 15.5 Å². The molecule has 0 spiro atoms. The van der Waals surface area contributed by atoms with E-state index in [4.69, 9.17) is 0 Å². The maximum Gasteiger partial charge on any atom is 0.242 e. The standard InChI is InChI=1S/C23H31N5O/c1-18-9-10-20(19(2)15-18)16-25-23(24-3)26-17-22(29)28-13-11-27(12-14-28)21-7-5-4-6-8-21/h4-10,15H,11-14,16-17H2,1-3H3,(H2,24,25,26). The lowest BCUT2D eigenvalue weighted by Crippen LogP contribution is -2.52. The Morgan fingerprint density at radius 3 is 2.38 bits per heavy atom. The number of benzene rings is 2. The summed E-state index contributed by atoms with van der Waals surface area (Å²) in [6.07, 6.45) is 0. The van der Waals surface area contributed by atoms with Crippen molar-refractivity contribution in [2.75, 3.05) is 44.7 Å². The van der Waals surface area contributed by atoms with E-state index in [-0.39, 0.29) is 12.5 Å². The lowest BCUT2D eigenvalue weighted by atomic mass is 10.1.